The zero-order valence-electron chi connectivity index (χ0n) is 15.9. The van der Waals surface area contributed by atoms with Gasteiger partial charge in [0.25, 0.3) is 0 Å². The summed E-state index contributed by atoms with van der Waals surface area (Å²) in [5, 5.41) is 6.41. The fourth-order valence-electron chi connectivity index (χ4n) is 3.74. The van der Waals surface area contributed by atoms with Gasteiger partial charge < -0.3 is 21.3 Å². The van der Waals surface area contributed by atoms with Crippen LogP contribution in [0.2, 0.25) is 0 Å². The number of carbonyl (C=O) groups excluding carboxylic acids is 1. The van der Waals surface area contributed by atoms with Gasteiger partial charge in [0.05, 0.1) is 12.5 Å². The summed E-state index contributed by atoms with van der Waals surface area (Å²) in [4.78, 5) is 19.1. The molecule has 0 aromatic rings. The predicted molar refractivity (Wildman–Crippen MR) is 98.4 cm³/mol. The number of rotatable bonds is 7. The summed E-state index contributed by atoms with van der Waals surface area (Å²) in [5.41, 5.74) is 5.40. The number of amides is 1. The molecule has 0 saturated carbocycles. The van der Waals surface area contributed by atoms with Gasteiger partial charge in [0.1, 0.15) is 0 Å². The van der Waals surface area contributed by atoms with Crippen LogP contribution in [0.15, 0.2) is 4.99 Å². The molecule has 2 aliphatic heterocycles. The Morgan fingerprint density at radius 3 is 2.67 bits per heavy atom. The van der Waals surface area contributed by atoms with Crippen LogP contribution in [0.4, 0.5) is 13.2 Å². The molecule has 0 aromatic carbocycles. The first kappa shape index (κ1) is 21.7. The molecule has 0 aliphatic carbocycles. The third-order valence-corrected chi connectivity index (χ3v) is 5.09. The molecule has 4 N–H and O–H groups in total. The number of piperidine rings is 1. The van der Waals surface area contributed by atoms with Gasteiger partial charge in [-0.25, -0.2) is 0 Å². The molecule has 10 heteroatoms. The van der Waals surface area contributed by atoms with Crippen LogP contribution in [0.3, 0.4) is 0 Å². The van der Waals surface area contributed by atoms with E-state index in [-0.39, 0.29) is 17.9 Å². The molecular weight excluding hydrogens is 361 g/mol. The fourth-order valence-corrected chi connectivity index (χ4v) is 3.74. The molecule has 0 radical (unpaired) electrons. The van der Waals surface area contributed by atoms with Crippen LogP contribution in [-0.4, -0.2) is 86.7 Å². The molecule has 0 aromatic heterocycles. The maximum absolute atomic E-state index is 12.5. The number of carbonyl (C=O) groups is 1. The average molecular weight is 392 g/mol. The molecular formula is C17H31F3N6O. The topological polar surface area (TPSA) is 86.0 Å². The lowest BCUT2D eigenvalue weighted by Gasteiger charge is -2.31. The monoisotopic (exact) mass is 392 g/mol. The number of nitrogens with two attached hydrogens (primary N) is 1. The van der Waals surface area contributed by atoms with Crippen molar-refractivity contribution in [3.8, 4) is 0 Å². The minimum absolute atomic E-state index is 0.0306. The zero-order chi connectivity index (χ0) is 19.9. The van der Waals surface area contributed by atoms with Crippen LogP contribution in [0.25, 0.3) is 0 Å². The van der Waals surface area contributed by atoms with Crippen LogP contribution < -0.4 is 16.4 Å². The van der Waals surface area contributed by atoms with Crippen molar-refractivity contribution >= 4 is 11.9 Å². The Kier molecular flexibility index (Phi) is 8.15. The van der Waals surface area contributed by atoms with Gasteiger partial charge >= 0.3 is 6.18 Å². The highest BCUT2D eigenvalue weighted by Crippen LogP contribution is 2.20. The molecule has 1 amide bonds. The Labute approximate surface area is 158 Å². The van der Waals surface area contributed by atoms with Gasteiger partial charge in [-0.2, -0.15) is 13.2 Å². The zero-order valence-corrected chi connectivity index (χ0v) is 15.9. The van der Waals surface area contributed by atoms with E-state index in [1.165, 1.54) is 4.90 Å². The number of hydrogen-bond donors (Lipinski definition) is 3. The normalized spacial score (nSPS) is 25.6. The van der Waals surface area contributed by atoms with Crippen molar-refractivity contribution < 1.29 is 18.0 Å². The molecule has 2 unspecified atom stereocenters. The van der Waals surface area contributed by atoms with Crippen molar-refractivity contribution in [3.63, 3.8) is 0 Å². The number of likely N-dealkylation sites (tertiary alicyclic amines) is 2. The third kappa shape index (κ3) is 7.92. The summed E-state index contributed by atoms with van der Waals surface area (Å²) in [6.45, 7) is 3.21. The quantitative estimate of drug-likeness (QED) is 0.331. The lowest BCUT2D eigenvalue weighted by atomic mass is 9.97. The van der Waals surface area contributed by atoms with Crippen LogP contribution >= 0.6 is 0 Å². The maximum atomic E-state index is 12.5. The smallest absolute Gasteiger partial charge is 0.369 e. The van der Waals surface area contributed by atoms with Crippen LogP contribution in [0, 0.1) is 5.92 Å². The molecule has 2 heterocycles. The Bertz CT molecular complexity index is 513. The molecule has 7 nitrogen and oxygen atoms in total. The highest BCUT2D eigenvalue weighted by Gasteiger charge is 2.34. The van der Waals surface area contributed by atoms with E-state index in [4.69, 9.17) is 5.73 Å². The van der Waals surface area contributed by atoms with E-state index in [0.29, 0.717) is 32.0 Å². The predicted octanol–water partition coefficient (Wildman–Crippen LogP) is 0.375. The van der Waals surface area contributed by atoms with Gasteiger partial charge in [0, 0.05) is 39.3 Å². The van der Waals surface area contributed by atoms with Gasteiger partial charge in [-0.1, -0.05) is 0 Å². The Morgan fingerprint density at radius 2 is 2.00 bits per heavy atom. The SMILES string of the molecule is CN=C(NCCCN1CCCC(C(N)=O)C1)NC1CCN(CC(F)(F)F)C1. The van der Waals surface area contributed by atoms with E-state index in [1.54, 1.807) is 7.05 Å². The Morgan fingerprint density at radius 1 is 1.22 bits per heavy atom. The highest BCUT2D eigenvalue weighted by molar-refractivity contribution is 5.80. The number of guanidine groups is 1. The lowest BCUT2D eigenvalue weighted by molar-refractivity contribution is -0.143. The molecule has 156 valence electrons. The Hall–Kier alpha value is -1.55. The molecule has 27 heavy (non-hydrogen) atoms. The number of nitrogens with zero attached hydrogens (tertiary/aromatic N) is 3. The first-order valence-electron chi connectivity index (χ1n) is 9.55. The standard InChI is InChI=1S/C17H31F3N6O/c1-22-16(24-14-5-9-26(11-14)12-17(18,19)20)23-6-3-8-25-7-2-4-13(10-25)15(21)27/h13-14H,2-12H2,1H3,(H2,21,27)(H2,22,23,24). The number of hydrogen-bond acceptors (Lipinski definition) is 4. The minimum atomic E-state index is -4.16. The molecule has 0 bridgehead atoms. The number of nitrogens with one attached hydrogen (secondary N) is 2. The molecule has 2 fully saturated rings. The Balaban J connectivity index is 1.63. The first-order chi connectivity index (χ1) is 12.8. The summed E-state index contributed by atoms with van der Waals surface area (Å²) in [7, 11) is 1.65. The van der Waals surface area contributed by atoms with Gasteiger partial charge in [0.2, 0.25) is 5.91 Å². The van der Waals surface area contributed by atoms with E-state index in [2.05, 4.69) is 20.5 Å². The van der Waals surface area contributed by atoms with E-state index in [1.807, 2.05) is 0 Å². The molecule has 2 saturated heterocycles. The second-order valence-electron chi connectivity index (χ2n) is 7.37. The number of halogens is 3. The first-order valence-corrected chi connectivity index (χ1v) is 9.55. The molecule has 2 atom stereocenters. The second kappa shape index (κ2) is 10.1. The van der Waals surface area contributed by atoms with Gasteiger partial charge in [0.15, 0.2) is 5.96 Å². The van der Waals surface area contributed by atoms with Crippen molar-refractivity contribution in [1.29, 1.82) is 0 Å². The third-order valence-electron chi connectivity index (χ3n) is 5.09. The molecule has 2 rings (SSSR count). The van der Waals surface area contributed by atoms with Crippen molar-refractivity contribution in [2.45, 2.75) is 37.9 Å². The molecule has 2 aliphatic rings. The van der Waals surface area contributed by atoms with Crippen LogP contribution in [-0.2, 0) is 4.79 Å². The van der Waals surface area contributed by atoms with E-state index < -0.39 is 12.7 Å². The summed E-state index contributed by atoms with van der Waals surface area (Å²) < 4.78 is 37.4. The van der Waals surface area contributed by atoms with E-state index in [9.17, 15) is 18.0 Å². The van der Waals surface area contributed by atoms with Crippen molar-refractivity contribution in [1.82, 2.24) is 20.4 Å². The fraction of sp³-hybridized carbons (Fsp3) is 0.882. The van der Waals surface area contributed by atoms with E-state index >= 15 is 0 Å². The van der Waals surface area contributed by atoms with Gasteiger partial charge in [-0.05, 0) is 38.8 Å². The van der Waals surface area contributed by atoms with E-state index in [0.717, 1.165) is 38.9 Å². The van der Waals surface area contributed by atoms with Crippen molar-refractivity contribution in [2.75, 3.05) is 52.9 Å². The summed E-state index contributed by atoms with van der Waals surface area (Å²) in [6.07, 6.45) is -0.749. The largest absolute Gasteiger partial charge is 0.401 e. The summed E-state index contributed by atoms with van der Waals surface area (Å²) in [5.74, 6) is 0.337. The van der Waals surface area contributed by atoms with Gasteiger partial charge in [-0.15, -0.1) is 0 Å². The number of alkyl halides is 3. The number of primary amides is 1. The van der Waals surface area contributed by atoms with Crippen LogP contribution in [0.5, 0.6) is 0 Å². The number of aliphatic imine (C=N–C) groups is 1. The highest BCUT2D eigenvalue weighted by atomic mass is 19.4. The van der Waals surface area contributed by atoms with Crippen molar-refractivity contribution in [3.05, 3.63) is 0 Å². The molecule has 0 spiro atoms. The summed E-state index contributed by atoms with van der Waals surface area (Å²) >= 11 is 0. The lowest BCUT2D eigenvalue weighted by Crippen LogP contribution is -2.46. The van der Waals surface area contributed by atoms with Crippen molar-refractivity contribution in [2.24, 2.45) is 16.6 Å². The summed E-state index contributed by atoms with van der Waals surface area (Å²) in [6, 6.07) is -0.0306. The minimum Gasteiger partial charge on any atom is -0.369 e. The van der Waals surface area contributed by atoms with Crippen LogP contribution in [0.1, 0.15) is 25.7 Å². The maximum Gasteiger partial charge on any atom is 0.401 e. The average Bonchev–Trinajstić information content (AvgIpc) is 3.02. The van der Waals surface area contributed by atoms with Gasteiger partial charge in [-0.3, -0.25) is 14.7 Å². The second-order valence-corrected chi connectivity index (χ2v) is 7.37.